The monoisotopic (exact) mass is 312 g/mol. The van der Waals surface area contributed by atoms with Gasteiger partial charge in [-0.3, -0.25) is 0 Å². The van der Waals surface area contributed by atoms with Crippen LogP contribution in [-0.2, 0) is 0 Å². The summed E-state index contributed by atoms with van der Waals surface area (Å²) in [6.45, 7) is 2.52. The van der Waals surface area contributed by atoms with E-state index in [1.54, 1.807) is 4.90 Å². The molecule has 2 amide bonds. The minimum atomic E-state index is -1.14. The summed E-state index contributed by atoms with van der Waals surface area (Å²) in [4.78, 5) is 25.0. The third-order valence-corrected chi connectivity index (χ3v) is 3.66. The number of carbonyl (C=O) groups excluding carboxylic acids is 1. The van der Waals surface area contributed by atoms with Crippen molar-refractivity contribution in [3.63, 3.8) is 0 Å². The highest BCUT2D eigenvalue weighted by molar-refractivity contribution is 6.34. The molecule has 2 N–H and O–H groups in total. The Morgan fingerprint density at radius 2 is 2.14 bits per heavy atom. The van der Waals surface area contributed by atoms with E-state index in [0.717, 1.165) is 12.8 Å². The number of methoxy groups -OCH3 is 1. The zero-order valence-corrected chi connectivity index (χ0v) is 12.6. The number of carboxylic acid groups (broad SMARTS) is 1. The van der Waals surface area contributed by atoms with Crippen molar-refractivity contribution >= 4 is 29.3 Å². The van der Waals surface area contributed by atoms with Crippen molar-refractivity contribution in [2.45, 2.75) is 25.8 Å². The average molecular weight is 313 g/mol. The van der Waals surface area contributed by atoms with Crippen LogP contribution in [0.2, 0.25) is 5.02 Å². The molecule has 0 radical (unpaired) electrons. The number of benzene rings is 1. The summed E-state index contributed by atoms with van der Waals surface area (Å²) in [5.41, 5.74) is 0.289. The van der Waals surface area contributed by atoms with Crippen molar-refractivity contribution in [1.29, 1.82) is 0 Å². The number of hydrogen-bond acceptors (Lipinski definition) is 3. The third-order valence-electron chi connectivity index (χ3n) is 3.35. The molecule has 114 valence electrons. The van der Waals surface area contributed by atoms with E-state index in [4.69, 9.17) is 21.4 Å². The molecule has 0 spiro atoms. The van der Waals surface area contributed by atoms with Gasteiger partial charge in [-0.25, -0.2) is 9.59 Å². The number of nitrogens with one attached hydrogen (secondary N) is 1. The van der Waals surface area contributed by atoms with Crippen molar-refractivity contribution in [2.75, 3.05) is 19.0 Å². The van der Waals surface area contributed by atoms with Crippen LogP contribution in [0.3, 0.4) is 0 Å². The van der Waals surface area contributed by atoms with Gasteiger partial charge in [0, 0.05) is 18.7 Å². The second-order valence-electron chi connectivity index (χ2n) is 4.78. The lowest BCUT2D eigenvalue weighted by atomic mass is 10.2. The summed E-state index contributed by atoms with van der Waals surface area (Å²) in [5, 5.41) is 11.9. The van der Waals surface area contributed by atoms with Gasteiger partial charge in [-0.1, -0.05) is 11.6 Å². The lowest BCUT2D eigenvalue weighted by molar-refractivity contribution is 0.0693. The Morgan fingerprint density at radius 1 is 1.48 bits per heavy atom. The first kappa shape index (κ1) is 15.4. The Labute approximate surface area is 127 Å². The molecule has 1 fully saturated rings. The van der Waals surface area contributed by atoms with E-state index < -0.39 is 5.97 Å². The number of carbonyl (C=O) groups is 2. The number of amides is 2. The van der Waals surface area contributed by atoms with E-state index in [2.05, 4.69) is 5.32 Å². The second kappa shape index (κ2) is 6.22. The lowest BCUT2D eigenvalue weighted by Gasteiger charge is -2.21. The van der Waals surface area contributed by atoms with Gasteiger partial charge in [-0.05, 0) is 25.8 Å². The number of hydrogen-bond donors (Lipinski definition) is 2. The molecule has 0 aromatic heterocycles. The third kappa shape index (κ3) is 3.39. The van der Waals surface area contributed by atoms with Crippen LogP contribution in [0.1, 0.15) is 30.1 Å². The molecule has 0 saturated heterocycles. The highest BCUT2D eigenvalue weighted by Gasteiger charge is 2.31. The molecule has 2 rings (SSSR count). The Morgan fingerprint density at radius 3 is 2.62 bits per heavy atom. The molecule has 6 nitrogen and oxygen atoms in total. The van der Waals surface area contributed by atoms with Gasteiger partial charge >= 0.3 is 12.0 Å². The first-order valence-electron chi connectivity index (χ1n) is 6.66. The Bertz CT molecular complexity index is 572. The van der Waals surface area contributed by atoms with Crippen molar-refractivity contribution in [1.82, 2.24) is 4.90 Å². The number of urea groups is 1. The minimum absolute atomic E-state index is 0.0463. The minimum Gasteiger partial charge on any atom is -0.496 e. The number of anilines is 1. The molecule has 1 aromatic rings. The first-order valence-corrected chi connectivity index (χ1v) is 7.04. The van der Waals surface area contributed by atoms with Gasteiger partial charge in [0.1, 0.15) is 11.3 Å². The number of carboxylic acids is 1. The van der Waals surface area contributed by atoms with Crippen molar-refractivity contribution < 1.29 is 19.4 Å². The molecule has 1 aliphatic rings. The summed E-state index contributed by atoms with van der Waals surface area (Å²) >= 11 is 6.04. The summed E-state index contributed by atoms with van der Waals surface area (Å²) in [5.74, 6) is -0.989. The Balaban J connectivity index is 2.23. The molecule has 0 aliphatic heterocycles. The van der Waals surface area contributed by atoms with Crippen LogP contribution < -0.4 is 10.1 Å². The van der Waals surface area contributed by atoms with Crippen molar-refractivity contribution in [3.8, 4) is 5.75 Å². The second-order valence-corrected chi connectivity index (χ2v) is 5.19. The number of ether oxygens (including phenoxy) is 1. The maximum atomic E-state index is 12.2. The van der Waals surface area contributed by atoms with E-state index in [0.29, 0.717) is 12.2 Å². The SMILES string of the molecule is CCN(C(=O)Nc1cc(OC)c(C(=O)O)cc1Cl)C1CC1. The van der Waals surface area contributed by atoms with Gasteiger partial charge in [0.05, 0.1) is 17.8 Å². The molecule has 0 bridgehead atoms. The Kier molecular flexibility index (Phi) is 4.57. The molecule has 1 aliphatic carbocycles. The van der Waals surface area contributed by atoms with E-state index in [1.165, 1.54) is 19.2 Å². The van der Waals surface area contributed by atoms with E-state index in [9.17, 15) is 9.59 Å². The van der Waals surface area contributed by atoms with Crippen molar-refractivity contribution in [2.24, 2.45) is 0 Å². The van der Waals surface area contributed by atoms with Crippen LogP contribution in [-0.4, -0.2) is 41.7 Å². The zero-order valence-electron chi connectivity index (χ0n) is 11.9. The van der Waals surface area contributed by atoms with Gasteiger partial charge in [0.15, 0.2) is 0 Å². The van der Waals surface area contributed by atoms with Crippen LogP contribution in [0.4, 0.5) is 10.5 Å². The van der Waals surface area contributed by atoms with Crippen LogP contribution in [0, 0.1) is 0 Å². The number of halogens is 1. The highest BCUT2D eigenvalue weighted by Crippen LogP contribution is 2.32. The maximum absolute atomic E-state index is 12.2. The van der Waals surface area contributed by atoms with E-state index in [1.807, 2.05) is 6.92 Å². The fourth-order valence-corrected chi connectivity index (χ4v) is 2.34. The molecule has 0 atom stereocenters. The Hall–Kier alpha value is -1.95. The maximum Gasteiger partial charge on any atom is 0.339 e. The normalized spacial score (nSPS) is 13.7. The van der Waals surface area contributed by atoms with Crippen LogP contribution >= 0.6 is 11.6 Å². The van der Waals surface area contributed by atoms with Gasteiger partial charge in [0.2, 0.25) is 0 Å². The van der Waals surface area contributed by atoms with E-state index in [-0.39, 0.29) is 28.4 Å². The van der Waals surface area contributed by atoms with Gasteiger partial charge in [0.25, 0.3) is 0 Å². The zero-order chi connectivity index (χ0) is 15.6. The van der Waals surface area contributed by atoms with Crippen LogP contribution in [0.25, 0.3) is 0 Å². The molecular formula is C14H17ClN2O4. The quantitative estimate of drug-likeness (QED) is 0.875. The number of rotatable bonds is 5. The highest BCUT2D eigenvalue weighted by atomic mass is 35.5. The van der Waals surface area contributed by atoms with Gasteiger partial charge in [-0.15, -0.1) is 0 Å². The average Bonchev–Trinajstić information content (AvgIpc) is 3.26. The predicted molar refractivity (Wildman–Crippen MR) is 79.4 cm³/mol. The molecule has 7 heteroatoms. The fraction of sp³-hybridized carbons (Fsp3) is 0.429. The summed E-state index contributed by atoms with van der Waals surface area (Å²) < 4.78 is 5.03. The molecule has 0 heterocycles. The smallest absolute Gasteiger partial charge is 0.339 e. The lowest BCUT2D eigenvalue weighted by Crippen LogP contribution is -2.36. The summed E-state index contributed by atoms with van der Waals surface area (Å²) in [7, 11) is 1.36. The molecule has 1 saturated carbocycles. The predicted octanol–water partition coefficient (Wildman–Crippen LogP) is 3.06. The summed E-state index contributed by atoms with van der Waals surface area (Å²) in [6.07, 6.45) is 2.02. The summed E-state index contributed by atoms with van der Waals surface area (Å²) in [6, 6.07) is 2.73. The standard InChI is InChI=1S/C14H17ClN2O4/c1-3-17(8-4-5-8)14(20)16-11-7-12(21-2)9(13(18)19)6-10(11)15/h6-8H,3-5H2,1-2H3,(H,16,20)(H,18,19). The van der Waals surface area contributed by atoms with Crippen molar-refractivity contribution in [3.05, 3.63) is 22.7 Å². The van der Waals surface area contributed by atoms with Crippen LogP contribution in [0.15, 0.2) is 12.1 Å². The number of nitrogens with zero attached hydrogens (tertiary/aromatic N) is 1. The molecule has 1 aromatic carbocycles. The van der Waals surface area contributed by atoms with Gasteiger partial charge in [-0.2, -0.15) is 0 Å². The molecule has 21 heavy (non-hydrogen) atoms. The first-order chi connectivity index (χ1) is 9.97. The van der Waals surface area contributed by atoms with E-state index >= 15 is 0 Å². The molecular weight excluding hydrogens is 296 g/mol. The van der Waals surface area contributed by atoms with Crippen LogP contribution in [0.5, 0.6) is 5.75 Å². The van der Waals surface area contributed by atoms with Gasteiger partial charge < -0.3 is 20.1 Å². The topological polar surface area (TPSA) is 78.9 Å². The number of aromatic carboxylic acids is 1. The molecule has 0 unspecified atom stereocenters. The fourth-order valence-electron chi connectivity index (χ4n) is 2.13. The largest absolute Gasteiger partial charge is 0.496 e.